The third kappa shape index (κ3) is 4.74. The second kappa shape index (κ2) is 8.04. The summed E-state index contributed by atoms with van der Waals surface area (Å²) in [7, 11) is 0. The molecule has 0 fully saturated rings. The van der Waals surface area contributed by atoms with Crippen molar-refractivity contribution in [1.29, 1.82) is 0 Å². The van der Waals surface area contributed by atoms with E-state index < -0.39 is 0 Å². The summed E-state index contributed by atoms with van der Waals surface area (Å²) in [6, 6.07) is 10.3. The van der Waals surface area contributed by atoms with Crippen LogP contribution in [0, 0.1) is 0 Å². The number of hydrogen-bond donors (Lipinski definition) is 2. The monoisotopic (exact) mass is 276 g/mol. The van der Waals surface area contributed by atoms with E-state index in [1.54, 1.807) is 11.3 Å². The maximum atomic E-state index is 8.68. The first kappa shape index (κ1) is 14.2. The van der Waals surface area contributed by atoms with Gasteiger partial charge in [-0.05, 0) is 25.8 Å². The minimum atomic E-state index is 0.299. The molecule has 2 rings (SSSR count). The molecule has 0 radical (unpaired) electrons. The first-order valence-corrected chi connectivity index (χ1v) is 7.59. The molecule has 4 heteroatoms. The van der Waals surface area contributed by atoms with Crippen LogP contribution >= 0.6 is 11.3 Å². The highest BCUT2D eigenvalue weighted by Gasteiger charge is 2.03. The van der Waals surface area contributed by atoms with Crippen molar-refractivity contribution in [3.8, 4) is 11.3 Å². The van der Waals surface area contributed by atoms with E-state index in [1.807, 2.05) is 18.2 Å². The molecule has 0 saturated heterocycles. The Kier molecular flexibility index (Phi) is 6.01. The topological polar surface area (TPSA) is 45.1 Å². The fourth-order valence-corrected chi connectivity index (χ4v) is 2.64. The van der Waals surface area contributed by atoms with E-state index in [0.717, 1.165) is 43.1 Å². The number of aromatic nitrogens is 1. The van der Waals surface area contributed by atoms with Crippen LogP contribution in [-0.4, -0.2) is 23.2 Å². The molecule has 1 heterocycles. The van der Waals surface area contributed by atoms with Crippen molar-refractivity contribution >= 4 is 11.3 Å². The van der Waals surface area contributed by atoms with Crippen LogP contribution in [0.4, 0.5) is 0 Å². The molecule has 2 aromatic rings. The second-order valence-corrected chi connectivity index (χ2v) is 5.40. The zero-order valence-electron chi connectivity index (χ0n) is 11.0. The molecule has 0 aliphatic rings. The van der Waals surface area contributed by atoms with Crippen molar-refractivity contribution in [2.24, 2.45) is 0 Å². The minimum absolute atomic E-state index is 0.299. The number of aliphatic hydroxyl groups excluding tert-OH is 1. The van der Waals surface area contributed by atoms with Gasteiger partial charge in [0.25, 0.3) is 0 Å². The molecule has 1 aromatic carbocycles. The van der Waals surface area contributed by atoms with E-state index in [0.29, 0.717) is 6.61 Å². The molecule has 0 spiro atoms. The summed E-state index contributed by atoms with van der Waals surface area (Å²) < 4.78 is 0. The van der Waals surface area contributed by atoms with Gasteiger partial charge in [0.15, 0.2) is 0 Å². The summed E-state index contributed by atoms with van der Waals surface area (Å²) in [6.07, 6.45) is 3.09. The van der Waals surface area contributed by atoms with Crippen molar-refractivity contribution < 1.29 is 5.11 Å². The van der Waals surface area contributed by atoms with Crippen molar-refractivity contribution in [3.63, 3.8) is 0 Å². The van der Waals surface area contributed by atoms with Crippen molar-refractivity contribution in [3.05, 3.63) is 40.7 Å². The molecule has 3 nitrogen and oxygen atoms in total. The van der Waals surface area contributed by atoms with Gasteiger partial charge in [0.05, 0.1) is 5.69 Å². The van der Waals surface area contributed by atoms with Crippen LogP contribution in [0.3, 0.4) is 0 Å². The smallest absolute Gasteiger partial charge is 0.107 e. The van der Waals surface area contributed by atoms with Crippen LogP contribution in [0.2, 0.25) is 0 Å². The second-order valence-electron chi connectivity index (χ2n) is 4.45. The summed E-state index contributed by atoms with van der Waals surface area (Å²) in [5, 5.41) is 15.3. The van der Waals surface area contributed by atoms with E-state index >= 15 is 0 Å². The average molecular weight is 276 g/mol. The Morgan fingerprint density at radius 1 is 1.11 bits per heavy atom. The molecule has 0 bridgehead atoms. The lowest BCUT2D eigenvalue weighted by Gasteiger charge is -2.01. The predicted octanol–water partition coefficient (Wildman–Crippen LogP) is 3.06. The molecule has 0 atom stereocenters. The number of aliphatic hydroxyl groups is 1. The lowest BCUT2D eigenvalue weighted by molar-refractivity contribution is 0.283. The molecular weight excluding hydrogens is 256 g/mol. The quantitative estimate of drug-likeness (QED) is 0.728. The number of nitrogens with zero attached hydrogens (tertiary/aromatic N) is 1. The van der Waals surface area contributed by atoms with E-state index in [4.69, 9.17) is 5.11 Å². The number of benzene rings is 1. The van der Waals surface area contributed by atoms with Gasteiger partial charge in [-0.15, -0.1) is 11.3 Å². The number of rotatable bonds is 8. The van der Waals surface area contributed by atoms with Gasteiger partial charge in [0.1, 0.15) is 5.01 Å². The van der Waals surface area contributed by atoms with Crippen LogP contribution in [0.1, 0.15) is 24.3 Å². The van der Waals surface area contributed by atoms with Crippen molar-refractivity contribution in [1.82, 2.24) is 10.3 Å². The zero-order chi connectivity index (χ0) is 13.3. The third-order valence-corrected chi connectivity index (χ3v) is 3.76. The van der Waals surface area contributed by atoms with Gasteiger partial charge >= 0.3 is 0 Å². The number of thiazole rings is 1. The molecule has 0 aliphatic heterocycles. The van der Waals surface area contributed by atoms with E-state index in [9.17, 15) is 0 Å². The highest BCUT2D eigenvalue weighted by molar-refractivity contribution is 7.09. The number of hydrogen-bond acceptors (Lipinski definition) is 4. The van der Waals surface area contributed by atoms with E-state index in [1.165, 1.54) is 5.56 Å². The van der Waals surface area contributed by atoms with Crippen LogP contribution < -0.4 is 5.32 Å². The normalized spacial score (nSPS) is 10.8. The Balaban J connectivity index is 1.75. The molecule has 0 saturated carbocycles. The molecule has 0 aliphatic carbocycles. The minimum Gasteiger partial charge on any atom is -0.396 e. The third-order valence-electron chi connectivity index (χ3n) is 2.91. The zero-order valence-corrected chi connectivity index (χ0v) is 11.8. The summed E-state index contributed by atoms with van der Waals surface area (Å²) in [5.74, 6) is 0. The molecule has 0 amide bonds. The summed E-state index contributed by atoms with van der Waals surface area (Å²) in [4.78, 5) is 4.63. The average Bonchev–Trinajstić information content (AvgIpc) is 2.92. The fourth-order valence-electron chi connectivity index (χ4n) is 1.87. The molecule has 1 aromatic heterocycles. The maximum Gasteiger partial charge on any atom is 0.107 e. The molecular formula is C15H20N2OS. The molecule has 2 N–H and O–H groups in total. The Labute approximate surface area is 118 Å². The van der Waals surface area contributed by atoms with E-state index in [2.05, 4.69) is 27.8 Å². The van der Waals surface area contributed by atoms with Crippen LogP contribution in [0.15, 0.2) is 35.7 Å². The Morgan fingerprint density at radius 2 is 1.95 bits per heavy atom. The summed E-state index contributed by atoms with van der Waals surface area (Å²) in [6.45, 7) is 2.11. The van der Waals surface area contributed by atoms with E-state index in [-0.39, 0.29) is 0 Å². The van der Waals surface area contributed by atoms with Crippen LogP contribution in [-0.2, 0) is 6.54 Å². The molecule has 19 heavy (non-hydrogen) atoms. The lowest BCUT2D eigenvalue weighted by atomic mass is 10.2. The Hall–Kier alpha value is -1.23. The number of nitrogens with one attached hydrogen (secondary N) is 1. The first-order chi connectivity index (χ1) is 9.40. The van der Waals surface area contributed by atoms with Crippen molar-refractivity contribution in [2.75, 3.05) is 13.2 Å². The molecule has 0 unspecified atom stereocenters. The molecule has 102 valence electrons. The number of unbranched alkanes of at least 4 members (excludes halogenated alkanes) is 2. The largest absolute Gasteiger partial charge is 0.396 e. The first-order valence-electron chi connectivity index (χ1n) is 6.71. The maximum absolute atomic E-state index is 8.68. The van der Waals surface area contributed by atoms with Gasteiger partial charge in [-0.3, -0.25) is 0 Å². The van der Waals surface area contributed by atoms with Gasteiger partial charge < -0.3 is 10.4 Å². The highest BCUT2D eigenvalue weighted by atomic mass is 32.1. The SMILES string of the molecule is OCCCCCNCc1nc(-c2ccccc2)cs1. The Bertz CT molecular complexity index is 470. The van der Waals surface area contributed by atoms with Gasteiger partial charge in [0.2, 0.25) is 0 Å². The van der Waals surface area contributed by atoms with Gasteiger partial charge in [0, 0.05) is 24.1 Å². The summed E-state index contributed by atoms with van der Waals surface area (Å²) in [5.41, 5.74) is 2.23. The van der Waals surface area contributed by atoms with Gasteiger partial charge in [-0.1, -0.05) is 30.3 Å². The van der Waals surface area contributed by atoms with Gasteiger partial charge in [-0.2, -0.15) is 0 Å². The van der Waals surface area contributed by atoms with Gasteiger partial charge in [-0.25, -0.2) is 4.98 Å². The van der Waals surface area contributed by atoms with Crippen molar-refractivity contribution in [2.45, 2.75) is 25.8 Å². The fraction of sp³-hybridized carbons (Fsp3) is 0.400. The predicted molar refractivity (Wildman–Crippen MR) is 80.2 cm³/mol. The Morgan fingerprint density at radius 3 is 2.74 bits per heavy atom. The summed E-state index contributed by atoms with van der Waals surface area (Å²) >= 11 is 1.70. The standard InChI is InChI=1S/C15H20N2OS/c18-10-6-2-5-9-16-11-15-17-14(12-19-15)13-7-3-1-4-8-13/h1,3-4,7-8,12,16,18H,2,5-6,9-11H2. The highest BCUT2D eigenvalue weighted by Crippen LogP contribution is 2.21. The lowest BCUT2D eigenvalue weighted by Crippen LogP contribution is -2.14. The van der Waals surface area contributed by atoms with Crippen LogP contribution in [0.25, 0.3) is 11.3 Å². The van der Waals surface area contributed by atoms with Crippen LogP contribution in [0.5, 0.6) is 0 Å².